The highest BCUT2D eigenvalue weighted by Crippen LogP contribution is 2.38. The number of amidine groups is 1. The molecule has 3 aromatic carbocycles. The monoisotopic (exact) mass is 466 g/mol. The zero-order valence-electron chi connectivity index (χ0n) is 18.6. The molecule has 1 aliphatic heterocycles. The second-order valence-corrected chi connectivity index (χ2v) is 9.73. The lowest BCUT2D eigenvalue weighted by Gasteiger charge is -2.39. The van der Waals surface area contributed by atoms with Crippen LogP contribution in [0.4, 0.5) is 4.39 Å². The number of nitrogens with one attached hydrogen (secondary N) is 1. The van der Waals surface area contributed by atoms with Crippen LogP contribution in [0.15, 0.2) is 83.9 Å². The number of aliphatic hydroxyl groups excluding tert-OH is 1. The molecular formula is C26H27FN2O3S. The van der Waals surface area contributed by atoms with Gasteiger partial charge in [0.2, 0.25) is 0 Å². The molecule has 4 rings (SSSR count). The lowest BCUT2D eigenvalue weighted by molar-refractivity contribution is 0.0784. The van der Waals surface area contributed by atoms with Crippen molar-refractivity contribution < 1.29 is 18.4 Å². The molecule has 1 heterocycles. The molecule has 0 saturated carbocycles. The summed E-state index contributed by atoms with van der Waals surface area (Å²) < 4.78 is 36.5. The summed E-state index contributed by atoms with van der Waals surface area (Å²) >= 11 is 0. The Labute approximate surface area is 195 Å². The highest BCUT2D eigenvalue weighted by molar-refractivity contribution is 7.84. The highest BCUT2D eigenvalue weighted by Gasteiger charge is 2.43. The van der Waals surface area contributed by atoms with Crippen molar-refractivity contribution in [2.24, 2.45) is 4.99 Å². The van der Waals surface area contributed by atoms with Crippen LogP contribution in [-0.4, -0.2) is 27.5 Å². The van der Waals surface area contributed by atoms with E-state index in [0.717, 1.165) is 16.7 Å². The Kier molecular flexibility index (Phi) is 6.91. The van der Waals surface area contributed by atoms with E-state index in [4.69, 9.17) is 4.74 Å². The number of halogens is 1. The average molecular weight is 467 g/mol. The number of benzene rings is 3. The van der Waals surface area contributed by atoms with Gasteiger partial charge in [0.05, 0.1) is 6.04 Å². The molecule has 3 atom stereocenters. The van der Waals surface area contributed by atoms with E-state index >= 15 is 0 Å². The Morgan fingerprint density at radius 1 is 1.03 bits per heavy atom. The van der Waals surface area contributed by atoms with Crippen LogP contribution in [0.3, 0.4) is 0 Å². The molecule has 1 fully saturated rings. The van der Waals surface area contributed by atoms with Gasteiger partial charge in [-0.05, 0) is 43.0 Å². The zero-order chi connectivity index (χ0) is 23.4. The second kappa shape index (κ2) is 9.85. The maximum atomic E-state index is 14.3. The van der Waals surface area contributed by atoms with Crippen molar-refractivity contribution in [2.75, 3.05) is 6.61 Å². The Balaban J connectivity index is 1.58. The summed E-state index contributed by atoms with van der Waals surface area (Å²) in [6.07, 6.45) is 0.215. The highest BCUT2D eigenvalue weighted by atomic mass is 32.2. The van der Waals surface area contributed by atoms with Gasteiger partial charge in [0.25, 0.3) is 6.02 Å². The number of hydrogen-bond donors (Lipinski definition) is 2. The van der Waals surface area contributed by atoms with Gasteiger partial charge in [-0.1, -0.05) is 72.8 Å². The first-order valence-electron chi connectivity index (χ1n) is 10.8. The van der Waals surface area contributed by atoms with Gasteiger partial charge in [-0.2, -0.15) is 0 Å². The normalized spacial score (nSPS) is 21.8. The summed E-state index contributed by atoms with van der Waals surface area (Å²) in [5, 5.41) is 9.02. The van der Waals surface area contributed by atoms with Gasteiger partial charge < -0.3 is 9.84 Å². The Hall–Kier alpha value is -3.03. The largest absolute Gasteiger partial charge is 0.457 e. The van der Waals surface area contributed by atoms with Crippen molar-refractivity contribution in [3.8, 4) is 11.1 Å². The van der Waals surface area contributed by atoms with Crippen LogP contribution < -0.4 is 4.72 Å². The van der Waals surface area contributed by atoms with Gasteiger partial charge >= 0.3 is 0 Å². The van der Waals surface area contributed by atoms with E-state index in [2.05, 4.69) is 9.71 Å². The topological polar surface area (TPSA) is 70.9 Å². The molecule has 0 spiro atoms. The summed E-state index contributed by atoms with van der Waals surface area (Å²) in [7, 11) is -1.52. The lowest BCUT2D eigenvalue weighted by Crippen LogP contribution is -2.50. The molecule has 2 unspecified atom stereocenters. The first-order chi connectivity index (χ1) is 15.9. The number of nitrogens with zero attached hydrogens (tertiary/aromatic N) is 1. The molecule has 1 saturated heterocycles. The van der Waals surface area contributed by atoms with Gasteiger partial charge in [0, 0.05) is 12.2 Å². The van der Waals surface area contributed by atoms with E-state index in [9.17, 15) is 13.7 Å². The predicted molar refractivity (Wildman–Crippen MR) is 129 cm³/mol. The third-order valence-corrected chi connectivity index (χ3v) is 7.30. The van der Waals surface area contributed by atoms with Crippen LogP contribution in [0.25, 0.3) is 11.1 Å². The lowest BCUT2D eigenvalue weighted by atomic mass is 9.95. The first kappa shape index (κ1) is 23.1. The summed E-state index contributed by atoms with van der Waals surface area (Å²) in [4.78, 5) is 4.47. The SMILES string of the molecule is CC1(C)OC(=N[C@@H](CCO)c2ccccc2F)NS(=O)C1c1ccc(-c2ccccc2)cc1. The van der Waals surface area contributed by atoms with Crippen molar-refractivity contribution in [2.45, 2.75) is 37.2 Å². The predicted octanol–water partition coefficient (Wildman–Crippen LogP) is 5.08. The molecule has 3 aromatic rings. The molecule has 33 heavy (non-hydrogen) atoms. The molecular weight excluding hydrogens is 439 g/mol. The van der Waals surface area contributed by atoms with E-state index in [1.54, 1.807) is 18.2 Å². The first-order valence-corrected chi connectivity index (χ1v) is 12.0. The molecule has 7 heteroatoms. The van der Waals surface area contributed by atoms with Crippen LogP contribution >= 0.6 is 0 Å². The van der Waals surface area contributed by atoms with E-state index in [1.807, 2.05) is 68.4 Å². The summed E-state index contributed by atoms with van der Waals surface area (Å²) in [5.41, 5.74) is 2.59. The number of aliphatic imine (C=N–C) groups is 1. The molecule has 172 valence electrons. The standard InChI is InChI=1S/C26H27FN2O3S/c1-26(2)24(20-14-12-19(13-15-20)18-8-4-3-5-9-18)33(31)29-25(32-26)28-23(16-17-30)21-10-6-7-11-22(21)27/h3-15,23-24,30H,16-17H2,1-2H3,(H,28,29)/t23-,24?,33?/m0/s1. The third kappa shape index (κ3) is 5.15. The van der Waals surface area contributed by atoms with Gasteiger partial charge in [-0.15, -0.1) is 0 Å². The van der Waals surface area contributed by atoms with E-state index in [0.29, 0.717) is 5.56 Å². The maximum Gasteiger partial charge on any atom is 0.298 e. The van der Waals surface area contributed by atoms with Gasteiger partial charge in [-0.3, -0.25) is 4.72 Å². The molecule has 0 bridgehead atoms. The van der Waals surface area contributed by atoms with Crippen LogP contribution in [-0.2, 0) is 15.7 Å². The smallest absolute Gasteiger partial charge is 0.298 e. The molecule has 2 N–H and O–H groups in total. The number of aliphatic hydroxyl groups is 1. The number of hydrogen-bond acceptors (Lipinski definition) is 4. The van der Waals surface area contributed by atoms with E-state index in [1.165, 1.54) is 6.07 Å². The zero-order valence-corrected chi connectivity index (χ0v) is 19.4. The fourth-order valence-corrected chi connectivity index (χ4v) is 5.44. The van der Waals surface area contributed by atoms with E-state index in [-0.39, 0.29) is 19.0 Å². The van der Waals surface area contributed by atoms with Gasteiger partial charge in [0.1, 0.15) is 27.7 Å². The molecule has 0 amide bonds. The Morgan fingerprint density at radius 2 is 1.67 bits per heavy atom. The minimum absolute atomic E-state index is 0.0807. The van der Waals surface area contributed by atoms with Crippen molar-refractivity contribution >= 4 is 17.0 Å². The van der Waals surface area contributed by atoms with Crippen LogP contribution in [0.1, 0.15) is 42.7 Å². The molecule has 5 nitrogen and oxygen atoms in total. The van der Waals surface area contributed by atoms with Gasteiger partial charge in [-0.25, -0.2) is 13.6 Å². The molecule has 0 radical (unpaired) electrons. The minimum Gasteiger partial charge on any atom is -0.457 e. The summed E-state index contributed by atoms with van der Waals surface area (Å²) in [6.45, 7) is 3.56. The molecule has 0 aromatic heterocycles. The van der Waals surface area contributed by atoms with Crippen LogP contribution in [0, 0.1) is 5.82 Å². The van der Waals surface area contributed by atoms with Gasteiger partial charge in [0.15, 0.2) is 0 Å². The van der Waals surface area contributed by atoms with Crippen LogP contribution in [0.2, 0.25) is 0 Å². The van der Waals surface area contributed by atoms with Crippen molar-refractivity contribution in [1.82, 2.24) is 4.72 Å². The van der Waals surface area contributed by atoms with E-state index < -0.39 is 33.7 Å². The summed E-state index contributed by atoms with van der Waals surface area (Å²) in [6, 6.07) is 23.7. The quantitative estimate of drug-likeness (QED) is 0.533. The van der Waals surface area contributed by atoms with Crippen molar-refractivity contribution in [1.29, 1.82) is 0 Å². The Bertz CT molecular complexity index is 1150. The Morgan fingerprint density at radius 3 is 2.30 bits per heavy atom. The second-order valence-electron chi connectivity index (χ2n) is 8.46. The molecule has 0 aliphatic carbocycles. The van der Waals surface area contributed by atoms with Crippen LogP contribution in [0.5, 0.6) is 0 Å². The molecule has 1 aliphatic rings. The number of rotatable bonds is 6. The fraction of sp³-hybridized carbons (Fsp3) is 0.269. The maximum absolute atomic E-state index is 14.3. The number of ether oxygens (including phenoxy) is 1. The average Bonchev–Trinajstić information content (AvgIpc) is 2.79. The summed E-state index contributed by atoms with van der Waals surface area (Å²) in [5.74, 6) is -0.409. The van der Waals surface area contributed by atoms with Crippen molar-refractivity contribution in [3.63, 3.8) is 0 Å². The minimum atomic E-state index is -1.52. The third-order valence-electron chi connectivity index (χ3n) is 5.65. The van der Waals surface area contributed by atoms with Crippen molar-refractivity contribution in [3.05, 3.63) is 95.8 Å². The fourth-order valence-electron chi connectivity index (χ4n) is 4.08.